The van der Waals surface area contributed by atoms with Crippen molar-refractivity contribution in [3.05, 3.63) is 18.2 Å². The van der Waals surface area contributed by atoms with Crippen LogP contribution in [0.25, 0.3) is 0 Å². The minimum atomic E-state index is -0.158. The van der Waals surface area contributed by atoms with E-state index in [0.717, 1.165) is 26.1 Å². The van der Waals surface area contributed by atoms with Crippen LogP contribution in [0.4, 0.5) is 0 Å². The van der Waals surface area contributed by atoms with E-state index in [1.54, 1.807) is 6.33 Å². The van der Waals surface area contributed by atoms with E-state index in [9.17, 15) is 4.79 Å². The van der Waals surface area contributed by atoms with Gasteiger partial charge in [0, 0.05) is 38.2 Å². The van der Waals surface area contributed by atoms with E-state index in [1.165, 1.54) is 5.71 Å². The smallest absolute Gasteiger partial charge is 0.274 e. The van der Waals surface area contributed by atoms with Gasteiger partial charge in [0.05, 0.1) is 12.0 Å². The lowest BCUT2D eigenvalue weighted by atomic mass is 9.98. The highest BCUT2D eigenvalue weighted by atomic mass is 16.7. The first kappa shape index (κ1) is 13.8. The zero-order chi connectivity index (χ0) is 15.5. The van der Waals surface area contributed by atoms with Crippen LogP contribution in [-0.2, 0) is 11.4 Å². The highest BCUT2D eigenvalue weighted by Gasteiger charge is 2.60. The number of piperidine rings is 1. The lowest BCUT2D eigenvalue weighted by Crippen LogP contribution is -2.33. The highest BCUT2D eigenvalue weighted by molar-refractivity contribution is 5.94. The molecule has 0 spiro atoms. The van der Waals surface area contributed by atoms with Crippen molar-refractivity contribution >= 4 is 11.6 Å². The third-order valence-electron chi connectivity index (χ3n) is 5.10. The Labute approximate surface area is 130 Å². The second kappa shape index (κ2) is 4.57. The molecular weight excluding hydrogens is 280 g/mol. The van der Waals surface area contributed by atoms with Gasteiger partial charge in [0.15, 0.2) is 0 Å². The number of carbonyl (C=O) groups is 1. The molecule has 0 bridgehead atoms. The second-order valence-electron chi connectivity index (χ2n) is 7.26. The molecule has 6 nitrogen and oxygen atoms in total. The number of nitrogens with zero attached hydrogens (tertiary/aromatic N) is 4. The van der Waals surface area contributed by atoms with Crippen LogP contribution in [0.15, 0.2) is 17.7 Å². The van der Waals surface area contributed by atoms with E-state index in [0.29, 0.717) is 23.4 Å². The van der Waals surface area contributed by atoms with E-state index in [2.05, 4.69) is 24.0 Å². The molecule has 3 atom stereocenters. The van der Waals surface area contributed by atoms with Crippen LogP contribution in [0.2, 0.25) is 0 Å². The molecule has 0 radical (unpaired) electrons. The van der Waals surface area contributed by atoms with Crippen molar-refractivity contribution in [1.82, 2.24) is 14.5 Å². The van der Waals surface area contributed by atoms with Gasteiger partial charge in [-0.05, 0) is 32.6 Å². The number of aryl methyl sites for hydroxylation is 1. The zero-order valence-corrected chi connectivity index (χ0v) is 13.3. The largest absolute Gasteiger partial charge is 0.389 e. The summed E-state index contributed by atoms with van der Waals surface area (Å²) in [5.41, 5.74) is 1.60. The first-order valence-corrected chi connectivity index (χ1v) is 8.04. The van der Waals surface area contributed by atoms with Crippen LogP contribution >= 0.6 is 0 Å². The fraction of sp³-hybridized carbons (Fsp3) is 0.688. The van der Waals surface area contributed by atoms with Crippen molar-refractivity contribution in [3.63, 3.8) is 0 Å². The summed E-state index contributed by atoms with van der Waals surface area (Å²) >= 11 is 0. The minimum absolute atomic E-state index is 0.0584. The number of imidazole rings is 1. The number of oxime groups is 1. The Hall–Kier alpha value is -1.85. The summed E-state index contributed by atoms with van der Waals surface area (Å²) in [7, 11) is 0. The summed E-state index contributed by atoms with van der Waals surface area (Å²) in [6, 6.07) is 0. The van der Waals surface area contributed by atoms with Gasteiger partial charge in [-0.3, -0.25) is 4.79 Å². The van der Waals surface area contributed by atoms with Crippen LogP contribution in [-0.4, -0.2) is 44.8 Å². The lowest BCUT2D eigenvalue weighted by molar-refractivity contribution is 0.0123. The second-order valence-corrected chi connectivity index (χ2v) is 7.26. The molecule has 3 aliphatic rings. The van der Waals surface area contributed by atoms with Gasteiger partial charge in [0.1, 0.15) is 11.3 Å². The van der Waals surface area contributed by atoms with Gasteiger partial charge in [-0.25, -0.2) is 4.98 Å². The van der Waals surface area contributed by atoms with Crippen LogP contribution in [0.3, 0.4) is 0 Å². The van der Waals surface area contributed by atoms with Crippen LogP contribution in [0.5, 0.6) is 0 Å². The molecule has 1 amide bonds. The molecule has 2 aliphatic heterocycles. The predicted molar refractivity (Wildman–Crippen MR) is 81.5 cm³/mol. The maximum absolute atomic E-state index is 12.5. The molecule has 1 saturated carbocycles. The third-order valence-corrected chi connectivity index (χ3v) is 5.10. The summed E-state index contributed by atoms with van der Waals surface area (Å²) in [6.45, 7) is 8.67. The number of aromatic nitrogens is 2. The van der Waals surface area contributed by atoms with E-state index < -0.39 is 0 Å². The van der Waals surface area contributed by atoms with E-state index >= 15 is 0 Å². The Kier molecular flexibility index (Phi) is 2.86. The van der Waals surface area contributed by atoms with Crippen molar-refractivity contribution in [2.75, 3.05) is 13.1 Å². The maximum Gasteiger partial charge on any atom is 0.274 e. The van der Waals surface area contributed by atoms with Gasteiger partial charge in [-0.15, -0.1) is 0 Å². The summed E-state index contributed by atoms with van der Waals surface area (Å²) in [5, 5.41) is 4.27. The zero-order valence-electron chi connectivity index (χ0n) is 13.3. The van der Waals surface area contributed by atoms with Crippen molar-refractivity contribution in [2.45, 2.75) is 39.3 Å². The Morgan fingerprint density at radius 2 is 2.14 bits per heavy atom. The molecule has 1 unspecified atom stereocenters. The SMILES string of the molecule is CCn1cnc(C(=O)N2C[C@@H]3C(C4=NOC(C)(C)C4)[C@@H]3C2)c1. The number of hydrogen-bond acceptors (Lipinski definition) is 4. The monoisotopic (exact) mass is 302 g/mol. The Morgan fingerprint density at radius 1 is 1.41 bits per heavy atom. The molecule has 2 fully saturated rings. The van der Waals surface area contributed by atoms with E-state index in [1.807, 2.05) is 22.6 Å². The van der Waals surface area contributed by atoms with Crippen molar-refractivity contribution < 1.29 is 9.63 Å². The van der Waals surface area contributed by atoms with Crippen molar-refractivity contribution in [1.29, 1.82) is 0 Å². The van der Waals surface area contributed by atoms with Gasteiger partial charge in [-0.2, -0.15) is 0 Å². The molecule has 0 aromatic carbocycles. The summed E-state index contributed by atoms with van der Waals surface area (Å²) in [6.07, 6.45) is 4.47. The quantitative estimate of drug-likeness (QED) is 0.855. The first-order chi connectivity index (χ1) is 10.5. The third kappa shape index (κ3) is 2.12. The Morgan fingerprint density at radius 3 is 2.68 bits per heavy atom. The number of rotatable bonds is 3. The molecule has 3 heterocycles. The molecule has 4 rings (SSSR count). The molecule has 0 N–H and O–H groups in total. The summed E-state index contributed by atoms with van der Waals surface area (Å²) < 4.78 is 1.93. The fourth-order valence-corrected chi connectivity index (χ4v) is 3.85. The van der Waals surface area contributed by atoms with E-state index in [-0.39, 0.29) is 11.5 Å². The van der Waals surface area contributed by atoms with Gasteiger partial charge < -0.3 is 14.3 Å². The van der Waals surface area contributed by atoms with Gasteiger partial charge in [0.2, 0.25) is 0 Å². The topological polar surface area (TPSA) is 59.7 Å². The fourth-order valence-electron chi connectivity index (χ4n) is 3.85. The van der Waals surface area contributed by atoms with Gasteiger partial charge in [-0.1, -0.05) is 5.16 Å². The number of likely N-dealkylation sites (tertiary alicyclic amines) is 1. The standard InChI is InChI=1S/C16H22N4O2/c1-4-19-8-13(17-9-19)15(21)20-6-10-11(7-20)14(10)12-5-16(2,3)22-18-12/h8-11,14H,4-7H2,1-3H3/t10-,11+,14?. The normalized spacial score (nSPS) is 31.7. The first-order valence-electron chi connectivity index (χ1n) is 8.04. The van der Waals surface area contributed by atoms with Crippen LogP contribution in [0.1, 0.15) is 37.7 Å². The average Bonchev–Trinajstić information content (AvgIpc) is 2.95. The molecule has 1 saturated heterocycles. The van der Waals surface area contributed by atoms with Gasteiger partial charge >= 0.3 is 0 Å². The van der Waals surface area contributed by atoms with Crippen molar-refractivity contribution in [3.8, 4) is 0 Å². The molecule has 118 valence electrons. The summed E-state index contributed by atoms with van der Waals surface area (Å²) in [4.78, 5) is 24.1. The Balaban J connectivity index is 1.37. The predicted octanol–water partition coefficient (Wildman–Crippen LogP) is 1.78. The van der Waals surface area contributed by atoms with E-state index in [4.69, 9.17) is 4.84 Å². The number of carbonyl (C=O) groups excluding carboxylic acids is 1. The maximum atomic E-state index is 12.5. The van der Waals surface area contributed by atoms with Gasteiger partial charge in [0.25, 0.3) is 5.91 Å². The number of amides is 1. The molecule has 22 heavy (non-hydrogen) atoms. The minimum Gasteiger partial charge on any atom is -0.389 e. The number of fused-ring (bicyclic) bond motifs is 1. The van der Waals surface area contributed by atoms with Crippen LogP contribution < -0.4 is 0 Å². The Bertz CT molecular complexity index is 636. The molecule has 1 aromatic heterocycles. The number of hydrogen-bond donors (Lipinski definition) is 0. The highest BCUT2D eigenvalue weighted by Crippen LogP contribution is 2.54. The lowest BCUT2D eigenvalue weighted by Gasteiger charge is -2.19. The van der Waals surface area contributed by atoms with Crippen molar-refractivity contribution in [2.24, 2.45) is 22.9 Å². The molecule has 6 heteroatoms. The molecule has 1 aromatic rings. The molecule has 1 aliphatic carbocycles. The molecular formula is C16H22N4O2. The average molecular weight is 302 g/mol. The van der Waals surface area contributed by atoms with Crippen LogP contribution in [0, 0.1) is 17.8 Å². The summed E-state index contributed by atoms with van der Waals surface area (Å²) in [5.74, 6) is 1.71.